The van der Waals surface area contributed by atoms with E-state index in [0.29, 0.717) is 0 Å². The fourth-order valence-corrected chi connectivity index (χ4v) is 3.08. The van der Waals surface area contributed by atoms with Crippen LogP contribution in [0.15, 0.2) is 66.0 Å². The molecule has 0 radical (unpaired) electrons. The Balaban J connectivity index is 2.00. The molecule has 0 aliphatic rings. The minimum absolute atomic E-state index is 0.155. The highest BCUT2D eigenvalue weighted by Crippen LogP contribution is 2.23. The molecule has 0 amide bonds. The molecule has 162 valence electrons. The number of rotatable bonds is 7. The molecule has 0 spiro atoms. The molecule has 0 atom stereocenters. The smallest absolute Gasteiger partial charge is 0.314 e. The van der Waals surface area contributed by atoms with Crippen LogP contribution in [0, 0.1) is 5.41 Å². The number of methoxy groups -OCH3 is 1. The van der Waals surface area contributed by atoms with E-state index >= 15 is 0 Å². The molecule has 0 saturated carbocycles. The van der Waals surface area contributed by atoms with Gasteiger partial charge in [0, 0.05) is 25.2 Å². The van der Waals surface area contributed by atoms with Crippen molar-refractivity contribution in [3.05, 3.63) is 66.5 Å². The Morgan fingerprint density at radius 1 is 1.16 bits per heavy atom. The van der Waals surface area contributed by atoms with Crippen molar-refractivity contribution in [2.75, 3.05) is 26.1 Å². The number of ketones is 1. The molecule has 0 unspecified atom stereocenters. The molecule has 3 aromatic rings. The molecule has 0 saturated heterocycles. The van der Waals surface area contributed by atoms with Crippen LogP contribution in [-0.4, -0.2) is 37.9 Å². The number of nitrogens with zero attached hydrogens (tertiary/aromatic N) is 4. The van der Waals surface area contributed by atoms with Crippen molar-refractivity contribution >= 4 is 17.7 Å². The van der Waals surface area contributed by atoms with Crippen molar-refractivity contribution in [1.29, 1.82) is 0 Å². The van der Waals surface area contributed by atoms with E-state index in [2.05, 4.69) is 22.1 Å². The van der Waals surface area contributed by atoms with Gasteiger partial charge >= 0.3 is 5.82 Å². The maximum Gasteiger partial charge on any atom is 0.314 e. The highest BCUT2D eigenvalue weighted by molar-refractivity contribution is 5.82. The molecular weight excluding hydrogens is 388 g/mol. The summed E-state index contributed by atoms with van der Waals surface area (Å²) in [6.07, 6.45) is 5.58. The topological polar surface area (TPSA) is 50.7 Å². The highest BCUT2D eigenvalue weighted by Gasteiger charge is 2.27. The lowest BCUT2D eigenvalue weighted by atomic mass is 9.91. The number of anilines is 1. The van der Waals surface area contributed by atoms with Gasteiger partial charge in [-0.2, -0.15) is 0 Å². The second-order valence-corrected chi connectivity index (χ2v) is 8.73. The zero-order valence-electron chi connectivity index (χ0n) is 19.2. The fourth-order valence-electron chi connectivity index (χ4n) is 3.08. The number of aromatic nitrogens is 2. The van der Waals surface area contributed by atoms with Crippen LogP contribution >= 0.6 is 0 Å². The number of hydrogen-bond acceptors (Lipinski definition) is 4. The minimum Gasteiger partial charge on any atom is -0.497 e. The molecule has 2 aromatic carbocycles. The number of carbonyl (C=O) groups excluding carboxylic acids is 1. The monoisotopic (exact) mass is 419 g/mol. The first-order valence-corrected chi connectivity index (χ1v) is 10.3. The van der Waals surface area contributed by atoms with Crippen LogP contribution in [0.1, 0.15) is 26.3 Å². The average molecular weight is 420 g/mol. The van der Waals surface area contributed by atoms with Crippen molar-refractivity contribution in [3.8, 4) is 17.1 Å². The van der Waals surface area contributed by atoms with E-state index in [1.165, 1.54) is 0 Å². The summed E-state index contributed by atoms with van der Waals surface area (Å²) in [5, 5.41) is 4.68. The maximum absolute atomic E-state index is 12.7. The largest absolute Gasteiger partial charge is 0.497 e. The molecule has 1 aromatic heterocycles. The van der Waals surface area contributed by atoms with Gasteiger partial charge in [-0.05, 0) is 35.9 Å². The first-order valence-electron chi connectivity index (χ1n) is 10.3. The van der Waals surface area contributed by atoms with Gasteiger partial charge in [0.25, 0.3) is 0 Å². The van der Waals surface area contributed by atoms with Gasteiger partial charge in [-0.25, -0.2) is 4.57 Å². The highest BCUT2D eigenvalue weighted by atomic mass is 16.5. The van der Waals surface area contributed by atoms with Crippen LogP contribution in [0.2, 0.25) is 0 Å². The van der Waals surface area contributed by atoms with Crippen LogP contribution in [-0.2, 0) is 11.3 Å². The van der Waals surface area contributed by atoms with Crippen molar-refractivity contribution in [1.82, 2.24) is 4.68 Å². The van der Waals surface area contributed by atoms with Crippen LogP contribution in [0.5, 0.6) is 5.75 Å². The van der Waals surface area contributed by atoms with E-state index in [0.717, 1.165) is 28.4 Å². The van der Waals surface area contributed by atoms with Gasteiger partial charge in [-0.1, -0.05) is 44.1 Å². The quantitative estimate of drug-likeness (QED) is 0.429. The van der Waals surface area contributed by atoms with Gasteiger partial charge in [-0.3, -0.25) is 4.79 Å². The molecule has 1 heterocycles. The number of carbonyl (C=O) groups is 1. The Morgan fingerprint density at radius 3 is 2.48 bits per heavy atom. The normalized spacial score (nSPS) is 11.7. The summed E-state index contributed by atoms with van der Waals surface area (Å²) in [6.45, 7) is 6.09. The summed E-state index contributed by atoms with van der Waals surface area (Å²) < 4.78 is 9.14. The summed E-state index contributed by atoms with van der Waals surface area (Å²) in [6, 6.07) is 16.0. The Morgan fingerprint density at radius 2 is 1.87 bits per heavy atom. The standard InChI is InChI=1S/C25H31N4O2/c1-25(2,3)23(30)18-28-14-15-29(24(28)20-8-7-9-22(16-20)31-6)26-17-19-10-12-21(13-11-19)27(4)5/h7-17H,18H2,1-6H3/q+1. The van der Waals surface area contributed by atoms with Crippen molar-refractivity contribution < 1.29 is 14.1 Å². The Kier molecular flexibility index (Phi) is 6.59. The first kappa shape index (κ1) is 22.3. The average Bonchev–Trinajstić information content (AvgIpc) is 3.14. The molecule has 0 bridgehead atoms. The molecule has 0 aliphatic carbocycles. The van der Waals surface area contributed by atoms with Gasteiger partial charge in [-0.15, -0.1) is 4.68 Å². The van der Waals surface area contributed by atoms with Crippen molar-refractivity contribution in [2.45, 2.75) is 27.3 Å². The zero-order chi connectivity index (χ0) is 22.6. The summed E-state index contributed by atoms with van der Waals surface area (Å²) in [5.74, 6) is 1.72. The van der Waals surface area contributed by atoms with E-state index in [9.17, 15) is 4.79 Å². The van der Waals surface area contributed by atoms with Crippen LogP contribution in [0.4, 0.5) is 5.69 Å². The third-order valence-electron chi connectivity index (χ3n) is 5.10. The number of Topliss-reactive ketones (excluding diaryl/α,β-unsaturated/α-hetero) is 1. The van der Waals surface area contributed by atoms with Gasteiger partial charge < -0.3 is 9.64 Å². The van der Waals surface area contributed by atoms with E-state index in [1.54, 1.807) is 11.8 Å². The number of imidazole rings is 1. The second kappa shape index (κ2) is 9.16. The molecule has 3 rings (SSSR count). The minimum atomic E-state index is -0.418. The zero-order valence-corrected chi connectivity index (χ0v) is 19.2. The van der Waals surface area contributed by atoms with Crippen LogP contribution < -0.4 is 14.2 Å². The van der Waals surface area contributed by atoms with Crippen LogP contribution in [0.25, 0.3) is 11.4 Å². The fraction of sp³-hybridized carbons (Fsp3) is 0.320. The maximum atomic E-state index is 12.7. The van der Waals surface area contributed by atoms with E-state index in [1.807, 2.05) is 94.4 Å². The third-order valence-corrected chi connectivity index (χ3v) is 5.10. The molecule has 6 nitrogen and oxygen atoms in total. The van der Waals surface area contributed by atoms with Gasteiger partial charge in [0.2, 0.25) is 0 Å². The lowest BCUT2D eigenvalue weighted by Crippen LogP contribution is -2.42. The summed E-state index contributed by atoms with van der Waals surface area (Å²) in [4.78, 5) is 14.8. The summed E-state index contributed by atoms with van der Waals surface area (Å²) >= 11 is 0. The van der Waals surface area contributed by atoms with Crippen molar-refractivity contribution in [2.24, 2.45) is 10.5 Å². The third kappa shape index (κ3) is 5.40. The van der Waals surface area contributed by atoms with Gasteiger partial charge in [0.05, 0.1) is 18.9 Å². The first-order chi connectivity index (χ1) is 14.7. The van der Waals surface area contributed by atoms with E-state index in [4.69, 9.17) is 4.74 Å². The Labute approximate surface area is 184 Å². The predicted molar refractivity (Wildman–Crippen MR) is 125 cm³/mol. The second-order valence-electron chi connectivity index (χ2n) is 8.73. The van der Waals surface area contributed by atoms with Gasteiger partial charge in [0.1, 0.15) is 18.5 Å². The molecule has 6 heteroatoms. The number of benzene rings is 2. The Bertz CT molecular complexity index is 1070. The Hall–Kier alpha value is -3.41. The predicted octanol–water partition coefficient (Wildman–Crippen LogP) is 4.01. The summed E-state index contributed by atoms with van der Waals surface area (Å²) in [5.41, 5.74) is 2.63. The molecule has 31 heavy (non-hydrogen) atoms. The molecule has 0 N–H and O–H groups in total. The molecular formula is C25H31N4O2+. The van der Waals surface area contributed by atoms with Crippen LogP contribution in [0.3, 0.4) is 0 Å². The lowest BCUT2D eigenvalue weighted by Gasteiger charge is -2.15. The van der Waals surface area contributed by atoms with Crippen molar-refractivity contribution in [3.63, 3.8) is 0 Å². The van der Waals surface area contributed by atoms with E-state index < -0.39 is 5.41 Å². The number of hydrogen-bond donors (Lipinski definition) is 0. The SMILES string of the molecule is COc1cccc(-c2n(N=Cc3ccc(N(C)C)cc3)cc[n+]2CC(=O)C(C)(C)C)c1. The molecule has 0 aliphatic heterocycles. The lowest BCUT2D eigenvalue weighted by molar-refractivity contribution is -0.673. The number of ether oxygens (including phenoxy) is 1. The van der Waals surface area contributed by atoms with Gasteiger partial charge in [0.15, 0.2) is 12.0 Å². The molecule has 0 fully saturated rings. The summed E-state index contributed by atoms with van der Waals surface area (Å²) in [7, 11) is 5.67. The van der Waals surface area contributed by atoms with E-state index in [-0.39, 0.29) is 12.3 Å².